The highest BCUT2D eigenvalue weighted by Gasteiger charge is 2.31. The summed E-state index contributed by atoms with van der Waals surface area (Å²) in [5, 5.41) is 18.2. The highest BCUT2D eigenvalue weighted by Crippen LogP contribution is 2.14. The van der Waals surface area contributed by atoms with Gasteiger partial charge in [-0.1, -0.05) is 33.1 Å². The molecule has 4 heteroatoms. The van der Waals surface area contributed by atoms with E-state index >= 15 is 0 Å². The lowest BCUT2D eigenvalue weighted by atomic mass is 10.0. The Bertz CT molecular complexity index is 201. The average molecular weight is 232 g/mol. The van der Waals surface area contributed by atoms with Gasteiger partial charge in [0.25, 0.3) is 0 Å². The molecule has 2 atom stereocenters. The molecule has 0 aliphatic heterocycles. The smallest absolute Gasteiger partial charge is 0.340 e. The number of aliphatic hydroxyl groups is 2. The van der Waals surface area contributed by atoms with Gasteiger partial charge in [0.05, 0.1) is 13.2 Å². The summed E-state index contributed by atoms with van der Waals surface area (Å²) in [5.41, 5.74) is -1.77. The first-order valence-electron chi connectivity index (χ1n) is 5.98. The molecule has 0 saturated heterocycles. The number of aliphatic hydroxyl groups excluding tert-OH is 1. The molecular formula is C12H24O4. The summed E-state index contributed by atoms with van der Waals surface area (Å²) in [5.74, 6) is -0.400. The lowest BCUT2D eigenvalue weighted by Gasteiger charge is -2.21. The van der Waals surface area contributed by atoms with Crippen LogP contribution >= 0.6 is 0 Å². The Balaban J connectivity index is 3.97. The van der Waals surface area contributed by atoms with Crippen LogP contribution in [0.15, 0.2) is 0 Å². The molecule has 0 aromatic rings. The minimum atomic E-state index is -1.77. The first-order chi connectivity index (χ1) is 7.47. The third kappa shape index (κ3) is 5.47. The number of ether oxygens (including phenoxy) is 1. The summed E-state index contributed by atoms with van der Waals surface area (Å²) in [6.45, 7) is 5.14. The van der Waals surface area contributed by atoms with E-state index in [1.807, 2.05) is 0 Å². The molecule has 0 heterocycles. The number of rotatable bonds is 8. The summed E-state index contributed by atoms with van der Waals surface area (Å²) in [6.07, 6.45) is 4.22. The second kappa shape index (κ2) is 7.63. The van der Waals surface area contributed by atoms with Crippen LogP contribution in [0, 0.1) is 5.92 Å². The Hall–Kier alpha value is -0.610. The summed E-state index contributed by atoms with van der Waals surface area (Å²) in [6, 6.07) is 0. The van der Waals surface area contributed by atoms with Crippen LogP contribution in [0.25, 0.3) is 0 Å². The van der Waals surface area contributed by atoms with Crippen molar-refractivity contribution in [2.24, 2.45) is 5.92 Å². The number of carbonyl (C=O) groups excluding carboxylic acids is 1. The highest BCUT2D eigenvalue weighted by atomic mass is 16.6. The predicted octanol–water partition coefficient (Wildman–Crippen LogP) is 1.49. The first-order valence-corrected chi connectivity index (χ1v) is 5.98. The van der Waals surface area contributed by atoms with Crippen LogP contribution in [0.3, 0.4) is 0 Å². The van der Waals surface area contributed by atoms with E-state index < -0.39 is 18.2 Å². The summed E-state index contributed by atoms with van der Waals surface area (Å²) in [4.78, 5) is 11.4. The Kier molecular flexibility index (Phi) is 7.34. The normalized spacial score (nSPS) is 16.6. The molecule has 0 aliphatic rings. The number of hydrogen-bond acceptors (Lipinski definition) is 4. The number of esters is 1. The molecule has 0 bridgehead atoms. The van der Waals surface area contributed by atoms with Gasteiger partial charge in [0, 0.05) is 0 Å². The average Bonchev–Trinajstić information content (AvgIpc) is 2.28. The van der Waals surface area contributed by atoms with E-state index in [1.54, 1.807) is 0 Å². The highest BCUT2D eigenvalue weighted by molar-refractivity contribution is 5.78. The lowest BCUT2D eigenvalue weighted by molar-refractivity contribution is -0.168. The van der Waals surface area contributed by atoms with E-state index in [9.17, 15) is 9.90 Å². The fourth-order valence-corrected chi connectivity index (χ4v) is 1.31. The van der Waals surface area contributed by atoms with Crippen LogP contribution in [0.2, 0.25) is 0 Å². The second-order valence-corrected chi connectivity index (χ2v) is 4.45. The third-order valence-corrected chi connectivity index (χ3v) is 2.74. The van der Waals surface area contributed by atoms with Gasteiger partial charge in [-0.25, -0.2) is 4.79 Å². The Morgan fingerprint density at radius 1 is 1.44 bits per heavy atom. The van der Waals surface area contributed by atoms with Gasteiger partial charge in [0.2, 0.25) is 0 Å². The van der Waals surface area contributed by atoms with E-state index in [2.05, 4.69) is 13.8 Å². The van der Waals surface area contributed by atoms with Crippen molar-refractivity contribution in [1.29, 1.82) is 0 Å². The van der Waals surface area contributed by atoms with Crippen molar-refractivity contribution in [2.45, 2.75) is 52.1 Å². The Morgan fingerprint density at radius 2 is 2.06 bits per heavy atom. The largest absolute Gasteiger partial charge is 0.463 e. The number of carbonyl (C=O) groups is 1. The van der Waals surface area contributed by atoms with Crippen LogP contribution in [0.1, 0.15) is 46.5 Å². The van der Waals surface area contributed by atoms with Gasteiger partial charge in [0.1, 0.15) is 0 Å². The van der Waals surface area contributed by atoms with Crippen LogP contribution in [0.5, 0.6) is 0 Å². The second-order valence-electron chi connectivity index (χ2n) is 4.45. The molecule has 4 nitrogen and oxygen atoms in total. The van der Waals surface area contributed by atoms with Crippen molar-refractivity contribution in [1.82, 2.24) is 0 Å². The van der Waals surface area contributed by atoms with Crippen LogP contribution in [-0.4, -0.2) is 35.0 Å². The molecule has 2 unspecified atom stereocenters. The fraction of sp³-hybridized carbons (Fsp3) is 0.917. The van der Waals surface area contributed by atoms with Crippen molar-refractivity contribution >= 4 is 5.97 Å². The molecule has 0 amide bonds. The summed E-state index contributed by atoms with van der Waals surface area (Å²) < 4.78 is 5.00. The minimum Gasteiger partial charge on any atom is -0.463 e. The topological polar surface area (TPSA) is 66.8 Å². The molecule has 0 saturated carbocycles. The van der Waals surface area contributed by atoms with Crippen molar-refractivity contribution in [3.05, 3.63) is 0 Å². The van der Waals surface area contributed by atoms with Gasteiger partial charge in [-0.05, 0) is 19.3 Å². The maximum absolute atomic E-state index is 11.4. The minimum absolute atomic E-state index is 0.325. The van der Waals surface area contributed by atoms with E-state index in [0.717, 1.165) is 25.7 Å². The molecule has 2 N–H and O–H groups in total. The Morgan fingerprint density at radius 3 is 2.50 bits per heavy atom. The van der Waals surface area contributed by atoms with Crippen molar-refractivity contribution in [3.8, 4) is 0 Å². The summed E-state index contributed by atoms with van der Waals surface area (Å²) >= 11 is 0. The third-order valence-electron chi connectivity index (χ3n) is 2.74. The number of unbranched alkanes of at least 4 members (excludes halogenated alkanes) is 1. The monoisotopic (exact) mass is 232 g/mol. The van der Waals surface area contributed by atoms with Gasteiger partial charge in [0.15, 0.2) is 5.60 Å². The lowest BCUT2D eigenvalue weighted by Crippen LogP contribution is -2.41. The molecule has 0 fully saturated rings. The maximum atomic E-state index is 11.4. The Labute approximate surface area is 97.6 Å². The number of hydrogen-bond donors (Lipinski definition) is 2. The molecule has 0 rings (SSSR count). The molecular weight excluding hydrogens is 208 g/mol. The van der Waals surface area contributed by atoms with E-state index in [1.165, 1.54) is 6.92 Å². The predicted molar refractivity (Wildman–Crippen MR) is 62.0 cm³/mol. The van der Waals surface area contributed by atoms with Crippen LogP contribution in [0.4, 0.5) is 0 Å². The molecule has 96 valence electrons. The zero-order valence-electron chi connectivity index (χ0n) is 10.5. The van der Waals surface area contributed by atoms with E-state index in [-0.39, 0.29) is 0 Å². The molecule has 0 aromatic heterocycles. The zero-order chi connectivity index (χ0) is 12.6. The van der Waals surface area contributed by atoms with Gasteiger partial charge in [-0.2, -0.15) is 0 Å². The molecule has 0 aromatic carbocycles. The van der Waals surface area contributed by atoms with Gasteiger partial charge in [-0.15, -0.1) is 0 Å². The molecule has 0 radical (unpaired) electrons. The fourth-order valence-electron chi connectivity index (χ4n) is 1.31. The van der Waals surface area contributed by atoms with E-state index in [4.69, 9.17) is 9.84 Å². The SMILES string of the molecule is CCCCC(CC)COC(=O)C(C)(O)CO. The first kappa shape index (κ1) is 15.4. The molecule has 16 heavy (non-hydrogen) atoms. The van der Waals surface area contributed by atoms with Gasteiger partial charge >= 0.3 is 5.97 Å². The van der Waals surface area contributed by atoms with Crippen molar-refractivity contribution in [2.75, 3.05) is 13.2 Å². The maximum Gasteiger partial charge on any atom is 0.340 e. The summed E-state index contributed by atoms with van der Waals surface area (Å²) in [7, 11) is 0. The van der Waals surface area contributed by atoms with Crippen molar-refractivity contribution in [3.63, 3.8) is 0 Å². The van der Waals surface area contributed by atoms with Crippen molar-refractivity contribution < 1.29 is 19.7 Å². The van der Waals surface area contributed by atoms with Gasteiger partial charge in [-0.3, -0.25) is 0 Å². The standard InChI is InChI=1S/C12H24O4/c1-4-6-7-10(5-2)8-16-11(14)12(3,15)9-13/h10,13,15H,4-9H2,1-3H3. The van der Waals surface area contributed by atoms with E-state index in [0.29, 0.717) is 12.5 Å². The quantitative estimate of drug-likeness (QED) is 0.622. The van der Waals surface area contributed by atoms with Crippen LogP contribution in [-0.2, 0) is 9.53 Å². The van der Waals surface area contributed by atoms with Gasteiger partial charge < -0.3 is 14.9 Å². The van der Waals surface area contributed by atoms with Crippen LogP contribution < -0.4 is 0 Å². The molecule has 0 spiro atoms. The zero-order valence-corrected chi connectivity index (χ0v) is 10.5. The molecule has 0 aliphatic carbocycles.